The number of guanidine groups is 1. The van der Waals surface area contributed by atoms with Crippen molar-refractivity contribution in [2.45, 2.75) is 45.6 Å². The fraction of sp³-hybridized carbons (Fsp3) is 0.458. The topological polar surface area (TPSA) is 64.1 Å². The van der Waals surface area contributed by atoms with Crippen molar-refractivity contribution in [2.75, 3.05) is 26.9 Å². The summed E-state index contributed by atoms with van der Waals surface area (Å²) in [4.78, 5) is 4.71. The molecule has 0 bridgehead atoms. The highest BCUT2D eigenvalue weighted by molar-refractivity contribution is 14.0. The molecule has 31 heavy (non-hydrogen) atoms. The summed E-state index contributed by atoms with van der Waals surface area (Å²) >= 11 is 0. The minimum atomic E-state index is 0. The number of rotatable bonds is 9. The van der Waals surface area contributed by atoms with E-state index < -0.39 is 0 Å². The van der Waals surface area contributed by atoms with Crippen LogP contribution < -0.4 is 15.4 Å². The van der Waals surface area contributed by atoms with Gasteiger partial charge in [-0.3, -0.25) is 0 Å². The monoisotopic (exact) mass is 539 g/mol. The van der Waals surface area contributed by atoms with Crippen LogP contribution in [0, 0.1) is 0 Å². The molecule has 2 aromatic rings. The molecule has 0 amide bonds. The Bertz CT molecular complexity index is 793. The van der Waals surface area contributed by atoms with Gasteiger partial charge in [-0.05, 0) is 37.0 Å². The van der Waals surface area contributed by atoms with E-state index in [2.05, 4.69) is 47.9 Å². The molecular weight excluding hydrogens is 505 g/mol. The Kier molecular flexibility index (Phi) is 11.7. The molecule has 1 heterocycles. The molecule has 0 radical (unpaired) electrons. The molecule has 1 saturated heterocycles. The predicted octanol–water partition coefficient (Wildman–Crippen LogP) is 4.26. The minimum Gasteiger partial charge on any atom is -0.496 e. The Labute approximate surface area is 202 Å². The van der Waals surface area contributed by atoms with Gasteiger partial charge in [0.2, 0.25) is 0 Å². The summed E-state index contributed by atoms with van der Waals surface area (Å²) in [6.45, 7) is 6.40. The lowest BCUT2D eigenvalue weighted by molar-refractivity contribution is -0.0390. The third-order valence-corrected chi connectivity index (χ3v) is 5.08. The Morgan fingerprint density at radius 1 is 1.03 bits per heavy atom. The Hall–Kier alpha value is -1.84. The van der Waals surface area contributed by atoms with Gasteiger partial charge < -0.3 is 24.8 Å². The second-order valence-corrected chi connectivity index (χ2v) is 7.30. The molecule has 0 atom stereocenters. The van der Waals surface area contributed by atoms with Crippen LogP contribution in [0.15, 0.2) is 53.5 Å². The second-order valence-electron chi connectivity index (χ2n) is 7.30. The van der Waals surface area contributed by atoms with Gasteiger partial charge in [-0.1, -0.05) is 42.5 Å². The third-order valence-electron chi connectivity index (χ3n) is 5.08. The van der Waals surface area contributed by atoms with Crippen LogP contribution in [-0.2, 0) is 29.2 Å². The number of methoxy groups -OCH3 is 1. The molecule has 0 aromatic heterocycles. The van der Waals surface area contributed by atoms with Crippen molar-refractivity contribution in [3.05, 3.63) is 65.2 Å². The number of nitrogens with one attached hydrogen (secondary N) is 2. The third kappa shape index (κ3) is 8.66. The zero-order valence-electron chi connectivity index (χ0n) is 18.4. The molecule has 6 nitrogen and oxygen atoms in total. The van der Waals surface area contributed by atoms with Crippen molar-refractivity contribution in [3.8, 4) is 5.75 Å². The van der Waals surface area contributed by atoms with Crippen LogP contribution in [0.3, 0.4) is 0 Å². The average molecular weight is 539 g/mol. The molecule has 3 rings (SSSR count). The number of aliphatic imine (C=N–C) groups is 1. The first-order valence-electron chi connectivity index (χ1n) is 10.7. The van der Waals surface area contributed by atoms with E-state index in [0.29, 0.717) is 25.8 Å². The first kappa shape index (κ1) is 25.4. The summed E-state index contributed by atoms with van der Waals surface area (Å²) in [6, 6.07) is 16.5. The van der Waals surface area contributed by atoms with Gasteiger partial charge in [0.25, 0.3) is 0 Å². The molecule has 1 aliphatic rings. The van der Waals surface area contributed by atoms with Crippen LogP contribution in [0.4, 0.5) is 0 Å². The summed E-state index contributed by atoms with van der Waals surface area (Å²) in [5.74, 6) is 1.66. The lowest BCUT2D eigenvalue weighted by atomic mass is 10.1. The number of ether oxygens (including phenoxy) is 3. The molecular formula is C24H34IN3O3. The summed E-state index contributed by atoms with van der Waals surface area (Å²) in [7, 11) is 1.69. The van der Waals surface area contributed by atoms with E-state index in [9.17, 15) is 0 Å². The smallest absolute Gasteiger partial charge is 0.191 e. The first-order valence-corrected chi connectivity index (χ1v) is 10.7. The van der Waals surface area contributed by atoms with Gasteiger partial charge in [-0.25, -0.2) is 4.99 Å². The van der Waals surface area contributed by atoms with E-state index in [-0.39, 0.29) is 24.0 Å². The van der Waals surface area contributed by atoms with Gasteiger partial charge in [0.15, 0.2) is 5.96 Å². The van der Waals surface area contributed by atoms with Crippen molar-refractivity contribution in [2.24, 2.45) is 4.99 Å². The normalized spacial score (nSPS) is 14.6. The maximum atomic E-state index is 5.99. The molecule has 7 heteroatoms. The minimum absolute atomic E-state index is 0. The molecule has 0 aliphatic carbocycles. The van der Waals surface area contributed by atoms with Crippen LogP contribution in [0.25, 0.3) is 0 Å². The first-order chi connectivity index (χ1) is 14.8. The lowest BCUT2D eigenvalue weighted by Gasteiger charge is -2.22. The summed E-state index contributed by atoms with van der Waals surface area (Å²) < 4.78 is 16.8. The van der Waals surface area contributed by atoms with E-state index in [1.807, 2.05) is 18.2 Å². The van der Waals surface area contributed by atoms with Crippen molar-refractivity contribution in [1.82, 2.24) is 10.6 Å². The molecule has 0 spiro atoms. The molecule has 0 unspecified atom stereocenters. The van der Waals surface area contributed by atoms with Crippen molar-refractivity contribution < 1.29 is 14.2 Å². The van der Waals surface area contributed by atoms with Crippen molar-refractivity contribution in [1.29, 1.82) is 0 Å². The lowest BCUT2D eigenvalue weighted by Crippen LogP contribution is -2.36. The van der Waals surface area contributed by atoms with E-state index in [4.69, 9.17) is 19.2 Å². The number of para-hydroxylation sites is 1. The van der Waals surface area contributed by atoms with Gasteiger partial charge in [-0.2, -0.15) is 0 Å². The molecule has 170 valence electrons. The van der Waals surface area contributed by atoms with Crippen molar-refractivity contribution in [3.63, 3.8) is 0 Å². The largest absolute Gasteiger partial charge is 0.496 e. The summed E-state index contributed by atoms with van der Waals surface area (Å²) in [5, 5.41) is 6.68. The standard InChI is InChI=1S/C24H33N3O3.HI/c1-3-25-24(27-17-21-6-4-5-7-23(21)28-2)26-16-19-8-10-20(11-9-19)18-30-22-12-14-29-15-13-22;/h4-11,22H,3,12-18H2,1-2H3,(H2,25,26,27);1H. The van der Waals surface area contributed by atoms with E-state index in [1.54, 1.807) is 7.11 Å². The number of benzene rings is 2. The van der Waals surface area contributed by atoms with Crippen LogP contribution in [0.1, 0.15) is 36.5 Å². The van der Waals surface area contributed by atoms with Crippen LogP contribution in [-0.4, -0.2) is 38.9 Å². The van der Waals surface area contributed by atoms with Gasteiger partial charge in [0, 0.05) is 31.9 Å². The zero-order chi connectivity index (χ0) is 21.0. The number of hydrogen-bond donors (Lipinski definition) is 2. The van der Waals surface area contributed by atoms with E-state index in [1.165, 1.54) is 11.1 Å². The molecule has 2 aromatic carbocycles. The molecule has 0 saturated carbocycles. The van der Waals surface area contributed by atoms with Gasteiger partial charge in [-0.15, -0.1) is 24.0 Å². The maximum absolute atomic E-state index is 5.99. The zero-order valence-corrected chi connectivity index (χ0v) is 20.8. The van der Waals surface area contributed by atoms with Gasteiger partial charge >= 0.3 is 0 Å². The van der Waals surface area contributed by atoms with Crippen LogP contribution >= 0.6 is 24.0 Å². The second kappa shape index (κ2) is 14.3. The predicted molar refractivity (Wildman–Crippen MR) is 135 cm³/mol. The van der Waals surface area contributed by atoms with Crippen LogP contribution in [0.5, 0.6) is 5.75 Å². The molecule has 1 fully saturated rings. The van der Waals surface area contributed by atoms with Crippen LogP contribution in [0.2, 0.25) is 0 Å². The highest BCUT2D eigenvalue weighted by atomic mass is 127. The number of nitrogens with zero attached hydrogens (tertiary/aromatic N) is 1. The summed E-state index contributed by atoms with van der Waals surface area (Å²) in [6.07, 6.45) is 2.30. The quantitative estimate of drug-likeness (QED) is 0.283. The van der Waals surface area contributed by atoms with Crippen molar-refractivity contribution >= 4 is 29.9 Å². The number of halogens is 1. The Morgan fingerprint density at radius 2 is 1.74 bits per heavy atom. The highest BCUT2D eigenvalue weighted by Crippen LogP contribution is 2.17. The Morgan fingerprint density at radius 3 is 2.45 bits per heavy atom. The maximum Gasteiger partial charge on any atom is 0.191 e. The van der Waals surface area contributed by atoms with E-state index >= 15 is 0 Å². The fourth-order valence-electron chi connectivity index (χ4n) is 3.34. The SMILES string of the molecule is CCNC(=NCc1ccc(COC2CCOCC2)cc1)NCc1ccccc1OC.I. The average Bonchev–Trinajstić information content (AvgIpc) is 2.81. The van der Waals surface area contributed by atoms with Gasteiger partial charge in [0.1, 0.15) is 5.75 Å². The van der Waals surface area contributed by atoms with E-state index in [0.717, 1.165) is 49.9 Å². The van der Waals surface area contributed by atoms with Gasteiger partial charge in [0.05, 0.1) is 26.4 Å². The molecule has 1 aliphatic heterocycles. The number of hydrogen-bond acceptors (Lipinski definition) is 4. The summed E-state index contributed by atoms with van der Waals surface area (Å²) in [5.41, 5.74) is 3.45. The highest BCUT2D eigenvalue weighted by Gasteiger charge is 2.13. The molecule has 2 N–H and O–H groups in total. The Balaban J connectivity index is 0.00000341. The fourth-order valence-corrected chi connectivity index (χ4v) is 3.34.